The first-order chi connectivity index (χ1) is 9.61. The van der Waals surface area contributed by atoms with E-state index in [1.807, 2.05) is 24.3 Å². The van der Waals surface area contributed by atoms with Crippen LogP contribution >= 0.6 is 0 Å². The van der Waals surface area contributed by atoms with Crippen LogP contribution in [0.3, 0.4) is 0 Å². The maximum absolute atomic E-state index is 9.24. The van der Waals surface area contributed by atoms with E-state index in [1.54, 1.807) is 12.1 Å². The van der Waals surface area contributed by atoms with Crippen LogP contribution in [0.5, 0.6) is 5.75 Å². The van der Waals surface area contributed by atoms with Gasteiger partial charge in [0.15, 0.2) is 0 Å². The molecule has 0 bridgehead atoms. The number of rotatable bonds is 5. The molecular formula is C17H20O3. The molecule has 1 atom stereocenters. The molecule has 3 heteroatoms. The predicted molar refractivity (Wildman–Crippen MR) is 79.7 cm³/mol. The molecule has 0 heterocycles. The molecule has 106 valence electrons. The highest BCUT2D eigenvalue weighted by Gasteiger charge is 2.08. The smallest absolute Gasteiger partial charge is 0.220 e. The van der Waals surface area contributed by atoms with Crippen molar-refractivity contribution in [1.29, 1.82) is 0 Å². The molecule has 0 saturated carbocycles. The van der Waals surface area contributed by atoms with Crippen molar-refractivity contribution in [3.8, 4) is 16.9 Å². The lowest BCUT2D eigenvalue weighted by Gasteiger charge is -2.14. The van der Waals surface area contributed by atoms with Crippen LogP contribution in [0.1, 0.15) is 25.3 Å². The molecule has 0 aromatic heterocycles. The largest absolute Gasteiger partial charge is 0.463 e. The van der Waals surface area contributed by atoms with Gasteiger partial charge in [0, 0.05) is 0 Å². The van der Waals surface area contributed by atoms with Gasteiger partial charge in [-0.25, -0.2) is 0 Å². The third-order valence-corrected chi connectivity index (χ3v) is 3.18. The van der Waals surface area contributed by atoms with Crippen LogP contribution in [0.4, 0.5) is 0 Å². The fourth-order valence-electron chi connectivity index (χ4n) is 2.17. The van der Waals surface area contributed by atoms with Crippen LogP contribution in [0.25, 0.3) is 11.1 Å². The monoisotopic (exact) mass is 272 g/mol. The van der Waals surface area contributed by atoms with E-state index in [0.29, 0.717) is 11.7 Å². The van der Waals surface area contributed by atoms with Crippen LogP contribution in [0.2, 0.25) is 0 Å². The van der Waals surface area contributed by atoms with Crippen LogP contribution in [-0.4, -0.2) is 23.1 Å². The Bertz CT molecular complexity index is 546. The predicted octanol–water partition coefficient (Wildman–Crippen LogP) is 3.17. The molecule has 3 nitrogen and oxygen atoms in total. The highest BCUT2D eigenvalue weighted by Crippen LogP contribution is 2.30. The summed E-state index contributed by atoms with van der Waals surface area (Å²) in [6.07, 6.45) is -1.18. The minimum absolute atomic E-state index is 0.419. The summed E-state index contributed by atoms with van der Waals surface area (Å²) < 4.78 is 5.14. The molecule has 2 aromatic rings. The van der Waals surface area contributed by atoms with E-state index < -0.39 is 12.9 Å². The molecule has 20 heavy (non-hydrogen) atoms. The zero-order valence-corrected chi connectivity index (χ0v) is 11.8. The third-order valence-electron chi connectivity index (χ3n) is 3.18. The number of aliphatic hydroxyl groups excluding tert-OH is 2. The number of hydrogen-bond donors (Lipinski definition) is 2. The molecule has 0 saturated heterocycles. The fourth-order valence-corrected chi connectivity index (χ4v) is 2.17. The van der Waals surface area contributed by atoms with Crippen LogP contribution < -0.4 is 4.74 Å². The van der Waals surface area contributed by atoms with Gasteiger partial charge in [-0.2, -0.15) is 0 Å². The second-order valence-corrected chi connectivity index (χ2v) is 5.02. The summed E-state index contributed by atoms with van der Waals surface area (Å²) in [5.41, 5.74) is 3.62. The van der Waals surface area contributed by atoms with Crippen LogP contribution in [0, 0.1) is 0 Å². The Morgan fingerprint density at radius 1 is 1.00 bits per heavy atom. The van der Waals surface area contributed by atoms with Crippen molar-refractivity contribution in [2.75, 3.05) is 6.61 Å². The first kappa shape index (κ1) is 14.6. The Balaban J connectivity index is 2.26. The van der Waals surface area contributed by atoms with Gasteiger partial charge in [0.25, 0.3) is 0 Å². The van der Waals surface area contributed by atoms with Gasteiger partial charge in [-0.15, -0.1) is 0 Å². The van der Waals surface area contributed by atoms with Crippen molar-refractivity contribution in [2.24, 2.45) is 0 Å². The van der Waals surface area contributed by atoms with Gasteiger partial charge < -0.3 is 14.9 Å². The molecule has 0 radical (unpaired) electrons. The molecular weight excluding hydrogens is 252 g/mol. The summed E-state index contributed by atoms with van der Waals surface area (Å²) in [5, 5.41) is 18.0. The standard InChI is InChI=1S/C17H20O3/c1-12(2)15-5-3-4-6-16(15)13-7-9-14(10-8-13)20-17(19)11-18/h3-10,12,17-19H,11H2,1-2H3. The fraction of sp³-hybridized carbons (Fsp3) is 0.294. The van der Waals surface area contributed by atoms with E-state index in [9.17, 15) is 5.11 Å². The topological polar surface area (TPSA) is 49.7 Å². The van der Waals surface area contributed by atoms with Crippen molar-refractivity contribution >= 4 is 0 Å². The molecule has 2 N–H and O–H groups in total. The maximum atomic E-state index is 9.24. The van der Waals surface area contributed by atoms with Gasteiger partial charge in [0.1, 0.15) is 12.4 Å². The highest BCUT2D eigenvalue weighted by molar-refractivity contribution is 5.68. The second-order valence-electron chi connectivity index (χ2n) is 5.02. The number of ether oxygens (including phenoxy) is 1. The van der Waals surface area contributed by atoms with Gasteiger partial charge in [0.05, 0.1) is 0 Å². The van der Waals surface area contributed by atoms with Crippen molar-refractivity contribution in [3.05, 3.63) is 54.1 Å². The van der Waals surface area contributed by atoms with Crippen LogP contribution in [0.15, 0.2) is 48.5 Å². The zero-order valence-electron chi connectivity index (χ0n) is 11.8. The Kier molecular flexibility index (Phi) is 4.77. The average Bonchev–Trinajstić information content (AvgIpc) is 2.48. The summed E-state index contributed by atoms with van der Waals surface area (Å²) in [6.45, 7) is 3.93. The van der Waals surface area contributed by atoms with E-state index in [4.69, 9.17) is 9.84 Å². The minimum atomic E-state index is -1.18. The van der Waals surface area contributed by atoms with E-state index >= 15 is 0 Å². The zero-order chi connectivity index (χ0) is 14.5. The summed E-state index contributed by atoms with van der Waals surface area (Å²) in [4.78, 5) is 0. The van der Waals surface area contributed by atoms with Crippen molar-refractivity contribution < 1.29 is 14.9 Å². The van der Waals surface area contributed by atoms with E-state index in [0.717, 1.165) is 5.56 Å². The molecule has 0 aliphatic heterocycles. The average molecular weight is 272 g/mol. The van der Waals surface area contributed by atoms with Gasteiger partial charge >= 0.3 is 0 Å². The van der Waals surface area contributed by atoms with Gasteiger partial charge in [0.2, 0.25) is 6.29 Å². The number of hydrogen-bond acceptors (Lipinski definition) is 3. The van der Waals surface area contributed by atoms with E-state index in [1.165, 1.54) is 11.1 Å². The Hall–Kier alpha value is -1.84. The van der Waals surface area contributed by atoms with E-state index in [-0.39, 0.29) is 0 Å². The van der Waals surface area contributed by atoms with Gasteiger partial charge in [-0.05, 0) is 34.7 Å². The first-order valence-electron chi connectivity index (χ1n) is 6.76. The molecule has 0 amide bonds. The number of aliphatic hydroxyl groups is 2. The molecule has 0 fully saturated rings. The quantitative estimate of drug-likeness (QED) is 0.822. The van der Waals surface area contributed by atoms with Crippen molar-refractivity contribution in [3.63, 3.8) is 0 Å². The van der Waals surface area contributed by atoms with E-state index in [2.05, 4.69) is 26.0 Å². The molecule has 1 unspecified atom stereocenters. The third kappa shape index (κ3) is 3.38. The van der Waals surface area contributed by atoms with Crippen LogP contribution in [-0.2, 0) is 0 Å². The maximum Gasteiger partial charge on any atom is 0.220 e. The molecule has 2 aromatic carbocycles. The van der Waals surface area contributed by atoms with Crippen molar-refractivity contribution in [2.45, 2.75) is 26.1 Å². The molecule has 0 aliphatic rings. The SMILES string of the molecule is CC(C)c1ccccc1-c1ccc(OC(O)CO)cc1. The van der Waals surface area contributed by atoms with Gasteiger partial charge in [-0.3, -0.25) is 0 Å². The second kappa shape index (κ2) is 6.55. The van der Waals surface area contributed by atoms with Gasteiger partial charge in [-0.1, -0.05) is 50.2 Å². The molecule has 0 spiro atoms. The first-order valence-corrected chi connectivity index (χ1v) is 6.76. The summed E-state index contributed by atoms with van der Waals surface area (Å²) in [7, 11) is 0. The lowest BCUT2D eigenvalue weighted by molar-refractivity contribution is -0.0548. The molecule has 2 rings (SSSR count). The molecule has 0 aliphatic carbocycles. The highest BCUT2D eigenvalue weighted by atomic mass is 16.6. The normalized spacial score (nSPS) is 12.4. The lowest BCUT2D eigenvalue weighted by atomic mass is 9.93. The summed E-state index contributed by atoms with van der Waals surface area (Å²) in [6, 6.07) is 15.8. The minimum Gasteiger partial charge on any atom is -0.463 e. The summed E-state index contributed by atoms with van der Waals surface area (Å²) >= 11 is 0. The Labute approximate surface area is 119 Å². The van der Waals surface area contributed by atoms with Crippen molar-refractivity contribution in [1.82, 2.24) is 0 Å². The Morgan fingerprint density at radius 3 is 2.25 bits per heavy atom. The lowest BCUT2D eigenvalue weighted by Crippen LogP contribution is -2.19. The Morgan fingerprint density at radius 2 is 1.65 bits per heavy atom. The number of benzene rings is 2. The summed E-state index contributed by atoms with van der Waals surface area (Å²) in [5.74, 6) is 0.996.